The van der Waals surface area contributed by atoms with Gasteiger partial charge in [-0.1, -0.05) is 18.6 Å². The number of rotatable bonds is 7. The SMILES string of the molecule is CCCC1CC1NCc1cn(CCO)nn1. The van der Waals surface area contributed by atoms with Crippen molar-refractivity contribution >= 4 is 0 Å². The molecular weight excluding hydrogens is 204 g/mol. The normalized spacial score (nSPS) is 23.6. The third-order valence-corrected chi connectivity index (χ3v) is 3.04. The van der Waals surface area contributed by atoms with Crippen LogP contribution in [0, 0.1) is 5.92 Å². The topological polar surface area (TPSA) is 63.0 Å². The molecule has 2 atom stereocenters. The molecule has 0 spiro atoms. The van der Waals surface area contributed by atoms with Gasteiger partial charge >= 0.3 is 0 Å². The van der Waals surface area contributed by atoms with E-state index in [0.717, 1.165) is 18.2 Å². The first-order valence-corrected chi connectivity index (χ1v) is 6.06. The first-order valence-electron chi connectivity index (χ1n) is 6.06. The Morgan fingerprint density at radius 1 is 1.62 bits per heavy atom. The molecule has 0 bridgehead atoms. The second-order valence-electron chi connectivity index (χ2n) is 4.47. The Hall–Kier alpha value is -0.940. The molecule has 2 rings (SSSR count). The summed E-state index contributed by atoms with van der Waals surface area (Å²) in [6, 6.07) is 0.683. The zero-order valence-corrected chi connectivity index (χ0v) is 9.76. The Morgan fingerprint density at radius 2 is 2.50 bits per heavy atom. The van der Waals surface area contributed by atoms with Gasteiger partial charge in [0, 0.05) is 18.8 Å². The van der Waals surface area contributed by atoms with E-state index in [9.17, 15) is 0 Å². The quantitative estimate of drug-likeness (QED) is 0.710. The van der Waals surface area contributed by atoms with Gasteiger partial charge < -0.3 is 10.4 Å². The zero-order valence-electron chi connectivity index (χ0n) is 9.76. The van der Waals surface area contributed by atoms with E-state index >= 15 is 0 Å². The van der Waals surface area contributed by atoms with Gasteiger partial charge in [-0.25, -0.2) is 4.68 Å². The molecule has 1 saturated carbocycles. The van der Waals surface area contributed by atoms with Gasteiger partial charge in [-0.15, -0.1) is 5.10 Å². The predicted octanol–water partition coefficient (Wildman–Crippen LogP) is 0.549. The molecule has 1 fully saturated rings. The van der Waals surface area contributed by atoms with Crippen molar-refractivity contribution < 1.29 is 5.11 Å². The summed E-state index contributed by atoms with van der Waals surface area (Å²) in [5.41, 5.74) is 0.954. The molecule has 5 nitrogen and oxygen atoms in total. The summed E-state index contributed by atoms with van der Waals surface area (Å²) in [6.45, 7) is 3.65. The molecule has 1 heterocycles. The van der Waals surface area contributed by atoms with Gasteiger partial charge in [-0.3, -0.25) is 0 Å². The van der Waals surface area contributed by atoms with Gasteiger partial charge in [-0.2, -0.15) is 0 Å². The van der Waals surface area contributed by atoms with Gasteiger partial charge in [-0.05, 0) is 18.8 Å². The lowest BCUT2D eigenvalue weighted by Gasteiger charge is -2.00. The van der Waals surface area contributed by atoms with E-state index < -0.39 is 0 Å². The molecule has 0 radical (unpaired) electrons. The van der Waals surface area contributed by atoms with Crippen molar-refractivity contribution in [2.24, 2.45) is 5.92 Å². The van der Waals surface area contributed by atoms with Crippen LogP contribution in [0.1, 0.15) is 31.9 Å². The first-order chi connectivity index (χ1) is 7.83. The number of hydrogen-bond donors (Lipinski definition) is 2. The fourth-order valence-electron chi connectivity index (χ4n) is 2.05. The smallest absolute Gasteiger partial charge is 0.0964 e. The molecule has 1 aliphatic carbocycles. The van der Waals surface area contributed by atoms with Gasteiger partial charge in [0.05, 0.1) is 18.8 Å². The summed E-state index contributed by atoms with van der Waals surface area (Å²) in [5.74, 6) is 0.873. The van der Waals surface area contributed by atoms with Crippen LogP contribution in [-0.2, 0) is 13.1 Å². The largest absolute Gasteiger partial charge is 0.394 e. The number of hydrogen-bond acceptors (Lipinski definition) is 4. The number of nitrogens with one attached hydrogen (secondary N) is 1. The fraction of sp³-hybridized carbons (Fsp3) is 0.818. The zero-order chi connectivity index (χ0) is 11.4. The van der Waals surface area contributed by atoms with Crippen molar-refractivity contribution in [3.63, 3.8) is 0 Å². The van der Waals surface area contributed by atoms with Gasteiger partial charge in [0.2, 0.25) is 0 Å². The number of aliphatic hydroxyl groups is 1. The lowest BCUT2D eigenvalue weighted by atomic mass is 10.2. The molecule has 90 valence electrons. The van der Waals surface area contributed by atoms with E-state index in [-0.39, 0.29) is 6.61 Å². The Balaban J connectivity index is 1.69. The second kappa shape index (κ2) is 5.41. The molecule has 2 N–H and O–H groups in total. The molecule has 0 saturated heterocycles. The summed E-state index contributed by atoms with van der Waals surface area (Å²) >= 11 is 0. The Bertz CT molecular complexity index is 326. The highest BCUT2D eigenvalue weighted by Crippen LogP contribution is 2.34. The Kier molecular flexibility index (Phi) is 3.90. The van der Waals surface area contributed by atoms with Crippen molar-refractivity contribution in [3.05, 3.63) is 11.9 Å². The predicted molar refractivity (Wildman–Crippen MR) is 60.8 cm³/mol. The van der Waals surface area contributed by atoms with Crippen LogP contribution in [0.5, 0.6) is 0 Å². The molecule has 2 unspecified atom stereocenters. The summed E-state index contributed by atoms with van der Waals surface area (Å²) in [6.07, 6.45) is 5.80. The minimum Gasteiger partial charge on any atom is -0.394 e. The minimum atomic E-state index is 0.109. The molecule has 0 aromatic carbocycles. The van der Waals surface area contributed by atoms with Crippen molar-refractivity contribution in [1.82, 2.24) is 20.3 Å². The maximum absolute atomic E-state index is 8.75. The molecule has 1 aromatic heterocycles. The van der Waals surface area contributed by atoms with Gasteiger partial charge in [0.15, 0.2) is 0 Å². The van der Waals surface area contributed by atoms with Crippen molar-refractivity contribution in [3.8, 4) is 0 Å². The molecule has 5 heteroatoms. The van der Waals surface area contributed by atoms with E-state index in [4.69, 9.17) is 5.11 Å². The summed E-state index contributed by atoms with van der Waals surface area (Å²) in [4.78, 5) is 0. The van der Waals surface area contributed by atoms with Crippen LogP contribution < -0.4 is 5.32 Å². The highest BCUT2D eigenvalue weighted by Gasteiger charge is 2.35. The van der Waals surface area contributed by atoms with E-state index in [1.165, 1.54) is 19.3 Å². The lowest BCUT2D eigenvalue weighted by Crippen LogP contribution is -2.17. The Morgan fingerprint density at radius 3 is 3.25 bits per heavy atom. The molecule has 16 heavy (non-hydrogen) atoms. The van der Waals surface area contributed by atoms with Crippen molar-refractivity contribution in [1.29, 1.82) is 0 Å². The van der Waals surface area contributed by atoms with Crippen molar-refractivity contribution in [2.75, 3.05) is 6.61 Å². The third-order valence-electron chi connectivity index (χ3n) is 3.04. The maximum Gasteiger partial charge on any atom is 0.0964 e. The summed E-state index contributed by atoms with van der Waals surface area (Å²) in [7, 11) is 0. The van der Waals surface area contributed by atoms with E-state index in [0.29, 0.717) is 12.6 Å². The van der Waals surface area contributed by atoms with Crippen LogP contribution in [0.25, 0.3) is 0 Å². The average Bonchev–Trinajstić information content (AvgIpc) is 2.85. The number of aliphatic hydroxyl groups excluding tert-OH is 1. The van der Waals surface area contributed by atoms with Crippen LogP contribution in [0.2, 0.25) is 0 Å². The van der Waals surface area contributed by atoms with Gasteiger partial charge in [0.1, 0.15) is 0 Å². The lowest BCUT2D eigenvalue weighted by molar-refractivity contribution is 0.268. The van der Waals surface area contributed by atoms with Crippen LogP contribution in [0.15, 0.2) is 6.20 Å². The second-order valence-corrected chi connectivity index (χ2v) is 4.47. The summed E-state index contributed by atoms with van der Waals surface area (Å²) in [5, 5.41) is 20.2. The van der Waals surface area contributed by atoms with E-state index in [2.05, 4.69) is 22.6 Å². The van der Waals surface area contributed by atoms with Crippen LogP contribution in [-0.4, -0.2) is 32.7 Å². The fourth-order valence-corrected chi connectivity index (χ4v) is 2.05. The molecular formula is C11H20N4O. The van der Waals surface area contributed by atoms with E-state index in [1.54, 1.807) is 4.68 Å². The molecule has 0 aliphatic heterocycles. The number of aromatic nitrogens is 3. The van der Waals surface area contributed by atoms with Gasteiger partial charge in [0.25, 0.3) is 0 Å². The minimum absolute atomic E-state index is 0.109. The number of nitrogens with zero attached hydrogens (tertiary/aromatic N) is 3. The van der Waals surface area contributed by atoms with Crippen LogP contribution >= 0.6 is 0 Å². The van der Waals surface area contributed by atoms with Crippen LogP contribution in [0.4, 0.5) is 0 Å². The average molecular weight is 224 g/mol. The highest BCUT2D eigenvalue weighted by molar-refractivity contribution is 4.97. The summed E-state index contributed by atoms with van der Waals surface area (Å²) < 4.78 is 1.67. The standard InChI is InChI=1S/C11H20N4O/c1-2-3-9-6-11(9)12-7-10-8-15(4-5-16)14-13-10/h8-9,11-12,16H,2-7H2,1H3. The first kappa shape index (κ1) is 11.5. The molecule has 1 aliphatic rings. The molecule has 0 amide bonds. The molecule has 1 aromatic rings. The Labute approximate surface area is 95.8 Å². The third kappa shape index (κ3) is 3.02. The van der Waals surface area contributed by atoms with Crippen molar-refractivity contribution in [2.45, 2.75) is 45.3 Å². The monoisotopic (exact) mass is 224 g/mol. The maximum atomic E-state index is 8.75. The van der Waals surface area contributed by atoms with Crippen LogP contribution in [0.3, 0.4) is 0 Å². The highest BCUT2D eigenvalue weighted by atomic mass is 16.3. The van der Waals surface area contributed by atoms with E-state index in [1.807, 2.05) is 6.20 Å².